The van der Waals surface area contributed by atoms with Crippen molar-refractivity contribution in [2.45, 2.75) is 64.2 Å². The molecule has 0 aliphatic heterocycles. The highest BCUT2D eigenvalue weighted by Gasteiger charge is 2.07. The summed E-state index contributed by atoms with van der Waals surface area (Å²) in [5, 5.41) is 3.45. The fraction of sp³-hybridized carbons (Fsp3) is 0.588. The highest BCUT2D eigenvalue weighted by Crippen LogP contribution is 2.25. The van der Waals surface area contributed by atoms with E-state index in [1.54, 1.807) is 11.8 Å². The van der Waals surface area contributed by atoms with Crippen LogP contribution in [0, 0.1) is 6.92 Å². The van der Waals surface area contributed by atoms with Gasteiger partial charge in [0.15, 0.2) is 0 Å². The van der Waals surface area contributed by atoms with Crippen molar-refractivity contribution in [1.82, 2.24) is 5.32 Å². The largest absolute Gasteiger partial charge is 0.314 e. The van der Waals surface area contributed by atoms with E-state index in [1.807, 2.05) is 20.8 Å². The number of carbonyl (C=O) groups is 1. The van der Waals surface area contributed by atoms with Gasteiger partial charge in [-0.1, -0.05) is 26.8 Å². The SMILES string of the molecule is CC.CCN[C@H](C)Cc1ccc(SC(C)C=O)cc1C. The Balaban J connectivity index is 0.00000172. The number of carbonyl (C=O) groups excluding carboxylic acids is 1. The van der Waals surface area contributed by atoms with Crippen molar-refractivity contribution >= 4 is 18.0 Å². The summed E-state index contributed by atoms with van der Waals surface area (Å²) < 4.78 is 0. The van der Waals surface area contributed by atoms with E-state index in [0.29, 0.717) is 6.04 Å². The molecule has 2 atom stereocenters. The number of hydrogen-bond donors (Lipinski definition) is 1. The van der Waals surface area contributed by atoms with Gasteiger partial charge in [-0.2, -0.15) is 0 Å². The van der Waals surface area contributed by atoms with Gasteiger partial charge in [-0.25, -0.2) is 0 Å². The van der Waals surface area contributed by atoms with E-state index in [4.69, 9.17) is 0 Å². The van der Waals surface area contributed by atoms with E-state index < -0.39 is 0 Å². The van der Waals surface area contributed by atoms with E-state index in [9.17, 15) is 4.79 Å². The molecule has 0 bridgehead atoms. The fourth-order valence-electron chi connectivity index (χ4n) is 1.96. The first-order chi connectivity index (χ1) is 9.56. The van der Waals surface area contributed by atoms with E-state index in [2.05, 4.69) is 44.3 Å². The lowest BCUT2D eigenvalue weighted by atomic mass is 10.0. The summed E-state index contributed by atoms with van der Waals surface area (Å²) in [6.45, 7) is 13.4. The zero-order valence-corrected chi connectivity index (χ0v) is 14.5. The van der Waals surface area contributed by atoms with Gasteiger partial charge in [0.05, 0.1) is 5.25 Å². The summed E-state index contributed by atoms with van der Waals surface area (Å²) >= 11 is 1.61. The quantitative estimate of drug-likeness (QED) is 0.602. The number of benzene rings is 1. The third-order valence-corrected chi connectivity index (χ3v) is 3.92. The highest BCUT2D eigenvalue weighted by molar-refractivity contribution is 8.00. The van der Waals surface area contributed by atoms with Crippen molar-refractivity contribution in [3.8, 4) is 0 Å². The number of aryl methyl sites for hydroxylation is 1. The average Bonchev–Trinajstić information content (AvgIpc) is 2.44. The molecule has 3 heteroatoms. The maximum atomic E-state index is 10.6. The van der Waals surface area contributed by atoms with Crippen LogP contribution in [-0.2, 0) is 11.2 Å². The minimum atomic E-state index is 0.0240. The summed E-state index contributed by atoms with van der Waals surface area (Å²) in [5.41, 5.74) is 2.69. The summed E-state index contributed by atoms with van der Waals surface area (Å²) in [6, 6.07) is 6.98. The normalized spacial score (nSPS) is 13.1. The Morgan fingerprint density at radius 2 is 1.95 bits per heavy atom. The molecule has 114 valence electrons. The number of aldehydes is 1. The van der Waals surface area contributed by atoms with Crippen LogP contribution >= 0.6 is 11.8 Å². The monoisotopic (exact) mass is 295 g/mol. The molecule has 0 radical (unpaired) electrons. The summed E-state index contributed by atoms with van der Waals surface area (Å²) in [5.74, 6) is 0. The van der Waals surface area contributed by atoms with E-state index in [0.717, 1.165) is 19.3 Å². The molecule has 2 nitrogen and oxygen atoms in total. The molecule has 0 spiro atoms. The molecule has 1 N–H and O–H groups in total. The summed E-state index contributed by atoms with van der Waals surface area (Å²) in [6.07, 6.45) is 2.04. The molecular formula is C17H29NOS. The van der Waals surface area contributed by atoms with Crippen molar-refractivity contribution in [1.29, 1.82) is 0 Å². The molecular weight excluding hydrogens is 266 g/mol. The fourth-order valence-corrected chi connectivity index (χ4v) is 2.84. The standard InChI is InChI=1S/C15H23NOS.C2H6/c1-5-16-12(3)9-14-6-7-15(8-11(14)2)18-13(4)10-17;1-2/h6-8,10,12-13,16H,5,9H2,1-4H3;1-2H3/t12-,13?;/m1./s1. The van der Waals surface area contributed by atoms with Crippen molar-refractivity contribution in [3.63, 3.8) is 0 Å². The Kier molecular flexibility index (Phi) is 10.5. The van der Waals surface area contributed by atoms with Gasteiger partial charge >= 0.3 is 0 Å². The van der Waals surface area contributed by atoms with Gasteiger partial charge in [-0.05, 0) is 57.0 Å². The maximum Gasteiger partial charge on any atom is 0.133 e. The number of hydrogen-bond acceptors (Lipinski definition) is 3. The van der Waals surface area contributed by atoms with Crippen LogP contribution in [0.5, 0.6) is 0 Å². The Bertz CT molecular complexity index is 393. The lowest BCUT2D eigenvalue weighted by Gasteiger charge is -2.15. The van der Waals surface area contributed by atoms with Gasteiger partial charge in [0.1, 0.15) is 6.29 Å². The molecule has 0 fully saturated rings. The van der Waals surface area contributed by atoms with Crippen LogP contribution in [0.25, 0.3) is 0 Å². The number of rotatable bonds is 7. The molecule has 1 unspecified atom stereocenters. The maximum absolute atomic E-state index is 10.6. The van der Waals surface area contributed by atoms with Crippen molar-refractivity contribution in [2.24, 2.45) is 0 Å². The van der Waals surface area contributed by atoms with Crippen molar-refractivity contribution < 1.29 is 4.79 Å². The smallest absolute Gasteiger partial charge is 0.133 e. The van der Waals surface area contributed by atoms with Crippen LogP contribution < -0.4 is 5.32 Å². The number of nitrogens with one attached hydrogen (secondary N) is 1. The predicted molar refractivity (Wildman–Crippen MR) is 90.8 cm³/mol. The lowest BCUT2D eigenvalue weighted by Crippen LogP contribution is -2.27. The van der Waals surface area contributed by atoms with E-state index >= 15 is 0 Å². The van der Waals surface area contributed by atoms with Crippen LogP contribution in [0.2, 0.25) is 0 Å². The minimum Gasteiger partial charge on any atom is -0.314 e. The Morgan fingerprint density at radius 1 is 1.30 bits per heavy atom. The van der Waals surface area contributed by atoms with Crippen LogP contribution in [0.15, 0.2) is 23.1 Å². The first-order valence-corrected chi connectivity index (χ1v) is 8.39. The molecule has 1 aromatic rings. The molecule has 1 rings (SSSR count). The average molecular weight is 295 g/mol. The molecule has 0 aliphatic carbocycles. The van der Waals surface area contributed by atoms with Crippen LogP contribution in [0.3, 0.4) is 0 Å². The molecule has 0 saturated carbocycles. The second-order valence-electron chi connectivity index (χ2n) is 4.71. The molecule has 20 heavy (non-hydrogen) atoms. The minimum absolute atomic E-state index is 0.0240. The number of likely N-dealkylation sites (N-methyl/N-ethyl adjacent to an activating group) is 1. The third kappa shape index (κ3) is 7.11. The van der Waals surface area contributed by atoms with Crippen molar-refractivity contribution in [3.05, 3.63) is 29.3 Å². The second kappa shape index (κ2) is 10.9. The molecule has 0 heterocycles. The van der Waals surface area contributed by atoms with E-state index in [-0.39, 0.29) is 5.25 Å². The molecule has 0 amide bonds. The van der Waals surface area contributed by atoms with Crippen LogP contribution in [0.1, 0.15) is 45.7 Å². The number of thioether (sulfide) groups is 1. The van der Waals surface area contributed by atoms with E-state index in [1.165, 1.54) is 16.0 Å². The zero-order valence-electron chi connectivity index (χ0n) is 13.7. The topological polar surface area (TPSA) is 29.1 Å². The zero-order chi connectivity index (χ0) is 15.5. The summed E-state index contributed by atoms with van der Waals surface area (Å²) in [4.78, 5) is 11.8. The Hall–Kier alpha value is -0.800. The molecule has 0 aromatic heterocycles. The molecule has 0 saturated heterocycles. The van der Waals surface area contributed by atoms with Gasteiger partial charge in [0.25, 0.3) is 0 Å². The van der Waals surface area contributed by atoms with Gasteiger partial charge in [0.2, 0.25) is 0 Å². The first kappa shape index (κ1) is 19.2. The van der Waals surface area contributed by atoms with Gasteiger partial charge in [0, 0.05) is 10.9 Å². The molecule has 0 aliphatic rings. The third-order valence-electron chi connectivity index (χ3n) is 2.91. The Morgan fingerprint density at radius 3 is 2.45 bits per heavy atom. The Labute approximate surface area is 128 Å². The van der Waals surface area contributed by atoms with Crippen LogP contribution in [-0.4, -0.2) is 24.1 Å². The highest BCUT2D eigenvalue weighted by atomic mass is 32.2. The van der Waals surface area contributed by atoms with Gasteiger partial charge in [-0.3, -0.25) is 0 Å². The predicted octanol–water partition coefficient (Wildman–Crippen LogP) is 4.24. The first-order valence-electron chi connectivity index (χ1n) is 7.51. The second-order valence-corrected chi connectivity index (χ2v) is 6.16. The van der Waals surface area contributed by atoms with Gasteiger partial charge < -0.3 is 10.1 Å². The summed E-state index contributed by atoms with van der Waals surface area (Å²) in [7, 11) is 0. The lowest BCUT2D eigenvalue weighted by molar-refractivity contribution is -0.107. The van der Waals surface area contributed by atoms with Crippen LogP contribution in [0.4, 0.5) is 0 Å². The molecule has 1 aromatic carbocycles. The van der Waals surface area contributed by atoms with Gasteiger partial charge in [-0.15, -0.1) is 11.8 Å². The van der Waals surface area contributed by atoms with Crippen molar-refractivity contribution in [2.75, 3.05) is 6.54 Å².